The summed E-state index contributed by atoms with van der Waals surface area (Å²) in [5, 5.41) is 1.74. The number of aromatic nitrogens is 1. The molecule has 1 aromatic rings. The van der Waals surface area contributed by atoms with Gasteiger partial charge in [0.1, 0.15) is 0 Å². The summed E-state index contributed by atoms with van der Waals surface area (Å²) < 4.78 is 0. The lowest BCUT2D eigenvalue weighted by atomic mass is 9.97. The maximum absolute atomic E-state index is 4.56. The first kappa shape index (κ1) is 12.9. The van der Waals surface area contributed by atoms with E-state index in [0.29, 0.717) is 11.3 Å². The Morgan fingerprint density at radius 2 is 2.18 bits per heavy atom. The molecule has 0 aromatic carbocycles. The fraction of sp³-hybridized carbons (Fsp3) is 0.643. The molecule has 1 aliphatic rings. The summed E-state index contributed by atoms with van der Waals surface area (Å²) in [6, 6.07) is 5.00. The molecular formula is C14H22N2S. The van der Waals surface area contributed by atoms with Crippen molar-refractivity contribution in [2.75, 3.05) is 13.6 Å². The van der Waals surface area contributed by atoms with Crippen LogP contribution >= 0.6 is 11.8 Å². The van der Waals surface area contributed by atoms with Gasteiger partial charge in [-0.3, -0.25) is 4.90 Å². The smallest absolute Gasteiger partial charge is 0.0962 e. The highest BCUT2D eigenvalue weighted by molar-refractivity contribution is 7.99. The monoisotopic (exact) mass is 250 g/mol. The van der Waals surface area contributed by atoms with E-state index >= 15 is 0 Å². The predicted octanol–water partition coefficient (Wildman–Crippen LogP) is 3.74. The van der Waals surface area contributed by atoms with Crippen molar-refractivity contribution in [1.82, 2.24) is 9.88 Å². The number of likely N-dealkylation sites (tertiary alicyclic amines) is 1. The lowest BCUT2D eigenvalue weighted by Gasteiger charge is -2.32. The van der Waals surface area contributed by atoms with Gasteiger partial charge in [0, 0.05) is 17.5 Å². The number of hydrogen-bond acceptors (Lipinski definition) is 3. The van der Waals surface area contributed by atoms with Gasteiger partial charge in [0.25, 0.3) is 0 Å². The van der Waals surface area contributed by atoms with E-state index < -0.39 is 0 Å². The summed E-state index contributed by atoms with van der Waals surface area (Å²) >= 11 is 1.83. The number of pyridine rings is 1. The standard InChI is InChI=1S/C14H22N2S/c1-11(2)17-14-8-7-12(10-15-14)13-6-4-5-9-16(13)3/h7-8,10-11,13H,4-6,9H2,1-3H3. The molecular weight excluding hydrogens is 228 g/mol. The second-order valence-corrected chi connectivity index (χ2v) is 6.69. The molecule has 1 unspecified atom stereocenters. The Morgan fingerprint density at radius 1 is 1.35 bits per heavy atom. The van der Waals surface area contributed by atoms with Gasteiger partial charge in [-0.05, 0) is 38.1 Å². The molecule has 1 atom stereocenters. The van der Waals surface area contributed by atoms with Crippen LogP contribution in [0, 0.1) is 0 Å². The molecule has 1 fully saturated rings. The van der Waals surface area contributed by atoms with Crippen LogP contribution < -0.4 is 0 Å². The largest absolute Gasteiger partial charge is 0.299 e. The molecule has 2 rings (SSSR count). The van der Waals surface area contributed by atoms with Gasteiger partial charge in [-0.1, -0.05) is 26.3 Å². The van der Waals surface area contributed by atoms with E-state index in [9.17, 15) is 0 Å². The summed E-state index contributed by atoms with van der Waals surface area (Å²) in [6.45, 7) is 5.62. The van der Waals surface area contributed by atoms with E-state index in [1.807, 2.05) is 11.8 Å². The molecule has 0 saturated carbocycles. The Morgan fingerprint density at radius 3 is 2.76 bits per heavy atom. The van der Waals surface area contributed by atoms with E-state index in [4.69, 9.17) is 0 Å². The molecule has 0 spiro atoms. The molecule has 0 bridgehead atoms. The lowest BCUT2D eigenvalue weighted by Crippen LogP contribution is -2.29. The van der Waals surface area contributed by atoms with Gasteiger partial charge in [-0.15, -0.1) is 11.8 Å². The minimum Gasteiger partial charge on any atom is -0.299 e. The third-order valence-corrected chi connectivity index (χ3v) is 4.23. The van der Waals surface area contributed by atoms with Gasteiger partial charge in [-0.25, -0.2) is 4.98 Å². The SMILES string of the molecule is CC(C)Sc1ccc(C2CCCCN2C)cn1. The maximum Gasteiger partial charge on any atom is 0.0962 e. The van der Waals surface area contributed by atoms with Crippen LogP contribution in [0.3, 0.4) is 0 Å². The summed E-state index contributed by atoms with van der Waals surface area (Å²) in [5.74, 6) is 0. The van der Waals surface area contributed by atoms with Crippen LogP contribution in [-0.4, -0.2) is 28.7 Å². The molecule has 94 valence electrons. The van der Waals surface area contributed by atoms with Gasteiger partial charge < -0.3 is 0 Å². The quantitative estimate of drug-likeness (QED) is 0.760. The fourth-order valence-electron chi connectivity index (χ4n) is 2.40. The zero-order valence-electron chi connectivity index (χ0n) is 11.0. The molecule has 17 heavy (non-hydrogen) atoms. The highest BCUT2D eigenvalue weighted by atomic mass is 32.2. The minimum absolute atomic E-state index is 0.578. The Labute approximate surface area is 109 Å². The summed E-state index contributed by atoms with van der Waals surface area (Å²) in [5.41, 5.74) is 1.38. The van der Waals surface area contributed by atoms with E-state index in [1.54, 1.807) is 0 Å². The summed E-state index contributed by atoms with van der Waals surface area (Å²) in [6.07, 6.45) is 6.02. The van der Waals surface area contributed by atoms with E-state index in [0.717, 1.165) is 5.03 Å². The minimum atomic E-state index is 0.578. The van der Waals surface area contributed by atoms with Crippen LogP contribution in [-0.2, 0) is 0 Å². The molecule has 0 N–H and O–H groups in total. The highest BCUT2D eigenvalue weighted by Crippen LogP contribution is 2.30. The zero-order valence-corrected chi connectivity index (χ0v) is 11.8. The van der Waals surface area contributed by atoms with Crippen LogP contribution in [0.1, 0.15) is 44.7 Å². The average Bonchev–Trinajstić information content (AvgIpc) is 2.30. The molecule has 3 heteroatoms. The van der Waals surface area contributed by atoms with Crippen molar-refractivity contribution in [3.8, 4) is 0 Å². The molecule has 0 amide bonds. The van der Waals surface area contributed by atoms with Crippen LogP contribution in [0.4, 0.5) is 0 Å². The third-order valence-electron chi connectivity index (χ3n) is 3.27. The average molecular weight is 250 g/mol. The van der Waals surface area contributed by atoms with Crippen molar-refractivity contribution in [3.05, 3.63) is 23.9 Å². The Bertz CT molecular complexity index is 348. The van der Waals surface area contributed by atoms with Crippen molar-refractivity contribution < 1.29 is 0 Å². The summed E-state index contributed by atoms with van der Waals surface area (Å²) in [4.78, 5) is 7.02. The van der Waals surface area contributed by atoms with Crippen LogP contribution in [0.15, 0.2) is 23.4 Å². The lowest BCUT2D eigenvalue weighted by molar-refractivity contribution is 0.187. The van der Waals surface area contributed by atoms with Gasteiger partial charge >= 0.3 is 0 Å². The molecule has 0 aliphatic carbocycles. The van der Waals surface area contributed by atoms with Crippen molar-refractivity contribution >= 4 is 11.8 Å². The second-order valence-electron chi connectivity index (χ2n) is 5.09. The first-order valence-electron chi connectivity index (χ1n) is 6.49. The number of rotatable bonds is 3. The Hall–Kier alpha value is -0.540. The topological polar surface area (TPSA) is 16.1 Å². The van der Waals surface area contributed by atoms with Crippen molar-refractivity contribution in [1.29, 1.82) is 0 Å². The molecule has 2 nitrogen and oxygen atoms in total. The van der Waals surface area contributed by atoms with Gasteiger partial charge in [0.05, 0.1) is 5.03 Å². The highest BCUT2D eigenvalue weighted by Gasteiger charge is 2.20. The Balaban J connectivity index is 2.06. The van der Waals surface area contributed by atoms with Crippen molar-refractivity contribution in [3.63, 3.8) is 0 Å². The van der Waals surface area contributed by atoms with E-state index in [2.05, 4.69) is 49.1 Å². The van der Waals surface area contributed by atoms with Gasteiger partial charge in [-0.2, -0.15) is 0 Å². The number of nitrogens with zero attached hydrogens (tertiary/aromatic N) is 2. The van der Waals surface area contributed by atoms with E-state index in [-0.39, 0.29) is 0 Å². The predicted molar refractivity (Wildman–Crippen MR) is 74.5 cm³/mol. The molecule has 1 aromatic heterocycles. The van der Waals surface area contributed by atoms with E-state index in [1.165, 1.54) is 31.4 Å². The van der Waals surface area contributed by atoms with Crippen LogP contribution in [0.25, 0.3) is 0 Å². The molecule has 0 radical (unpaired) electrons. The molecule has 1 saturated heterocycles. The third kappa shape index (κ3) is 3.46. The molecule has 1 aliphatic heterocycles. The zero-order chi connectivity index (χ0) is 12.3. The number of hydrogen-bond donors (Lipinski definition) is 0. The van der Waals surface area contributed by atoms with Crippen LogP contribution in [0.2, 0.25) is 0 Å². The number of thioether (sulfide) groups is 1. The first-order valence-corrected chi connectivity index (χ1v) is 7.37. The molecule has 2 heterocycles. The first-order chi connectivity index (χ1) is 8.16. The normalized spacial score (nSPS) is 22.0. The van der Waals surface area contributed by atoms with Crippen molar-refractivity contribution in [2.24, 2.45) is 0 Å². The second kappa shape index (κ2) is 5.87. The summed E-state index contributed by atoms with van der Waals surface area (Å²) in [7, 11) is 2.22. The van der Waals surface area contributed by atoms with Gasteiger partial charge in [0.2, 0.25) is 0 Å². The van der Waals surface area contributed by atoms with Crippen molar-refractivity contribution in [2.45, 2.75) is 49.4 Å². The van der Waals surface area contributed by atoms with Gasteiger partial charge in [0.15, 0.2) is 0 Å². The Kier molecular flexibility index (Phi) is 4.46. The fourth-order valence-corrected chi connectivity index (χ4v) is 3.14. The van der Waals surface area contributed by atoms with Crippen LogP contribution in [0.5, 0.6) is 0 Å². The maximum atomic E-state index is 4.56. The number of piperidine rings is 1.